The molecule has 0 unspecified atom stereocenters. The van der Waals surface area contributed by atoms with Gasteiger partial charge < -0.3 is 18.9 Å². The maximum absolute atomic E-state index is 17.4. The van der Waals surface area contributed by atoms with Crippen LogP contribution in [0.1, 0.15) is 48.3 Å². The minimum absolute atomic E-state index is 0.117. The van der Waals surface area contributed by atoms with E-state index in [9.17, 15) is 11.0 Å². The molecule has 7 heteroatoms. The topological polar surface area (TPSA) is 16.3 Å². The minimum atomic E-state index is -0.869. The van der Waals surface area contributed by atoms with E-state index in [1.54, 1.807) is 12.1 Å². The van der Waals surface area contributed by atoms with Crippen LogP contribution in [-0.4, -0.2) is 15.8 Å². The van der Waals surface area contributed by atoms with Gasteiger partial charge in [-0.3, -0.25) is 0 Å². The first-order valence-corrected chi connectivity index (χ1v) is 29.3. The van der Waals surface area contributed by atoms with Crippen LogP contribution in [0, 0.1) is 11.6 Å². The van der Waals surface area contributed by atoms with Crippen molar-refractivity contribution >= 4 is 101 Å². The van der Waals surface area contributed by atoms with Gasteiger partial charge in [0.2, 0.25) is 0 Å². The molecule has 422 valence electrons. The number of hydrogen-bond donors (Lipinski definition) is 0. The van der Waals surface area contributed by atoms with Crippen molar-refractivity contribution in [3.63, 3.8) is 0 Å². The molecule has 2 aromatic heterocycles. The molecule has 4 nitrogen and oxygen atoms in total. The van der Waals surface area contributed by atoms with Gasteiger partial charge in [0, 0.05) is 77.9 Å². The number of para-hydroxylation sites is 4. The van der Waals surface area contributed by atoms with Crippen molar-refractivity contribution in [2.75, 3.05) is 9.80 Å². The largest absolute Gasteiger partial charge is 0.310 e. The van der Waals surface area contributed by atoms with Crippen LogP contribution in [0.2, 0.25) is 0 Å². The zero-order chi connectivity index (χ0) is 73.6. The van der Waals surface area contributed by atoms with E-state index in [0.29, 0.717) is 95.0 Å². The van der Waals surface area contributed by atoms with Crippen molar-refractivity contribution in [3.8, 4) is 55.9 Å². The molecule has 0 spiro atoms. The lowest BCUT2D eigenvalue weighted by atomic mass is 9.33. The summed E-state index contributed by atoms with van der Waals surface area (Å²) in [5.41, 5.74) is 9.23. The molecular formula is C82H57BF2N4. The summed E-state index contributed by atoms with van der Waals surface area (Å²) in [5, 5.41) is -0.516. The smallest absolute Gasteiger partial charge is 0.252 e. The number of benzene rings is 13. The van der Waals surface area contributed by atoms with Crippen molar-refractivity contribution in [1.82, 2.24) is 9.13 Å². The van der Waals surface area contributed by atoms with E-state index in [1.165, 1.54) is 33.4 Å². The van der Waals surface area contributed by atoms with E-state index in [4.69, 9.17) is 11.0 Å². The van der Waals surface area contributed by atoms with Crippen LogP contribution >= 0.6 is 0 Å². The van der Waals surface area contributed by atoms with Crippen LogP contribution in [0.5, 0.6) is 0 Å². The van der Waals surface area contributed by atoms with Gasteiger partial charge in [-0.15, -0.1) is 0 Å². The molecular weight excluding hydrogens is 1090 g/mol. The summed E-state index contributed by atoms with van der Waals surface area (Å²) in [6.45, 7) is 5.34. The highest BCUT2D eigenvalue weighted by molar-refractivity contribution is 7.00. The highest BCUT2D eigenvalue weighted by Crippen LogP contribution is 2.54. The van der Waals surface area contributed by atoms with Crippen LogP contribution in [-0.2, 0) is 5.41 Å². The van der Waals surface area contributed by atoms with Crippen molar-refractivity contribution in [2.24, 2.45) is 0 Å². The summed E-state index contributed by atoms with van der Waals surface area (Å²) < 4.78 is 186. The Hall–Kier alpha value is -11.0. The number of fused-ring (bicyclic) bond motifs is 10. The predicted octanol–water partition coefficient (Wildman–Crippen LogP) is 20.2. The van der Waals surface area contributed by atoms with Gasteiger partial charge in [-0.2, -0.15) is 0 Å². The Morgan fingerprint density at radius 3 is 0.955 bits per heavy atom. The molecule has 17 rings (SSSR count). The van der Waals surface area contributed by atoms with Crippen molar-refractivity contribution in [3.05, 3.63) is 308 Å². The number of anilines is 6. The predicted molar refractivity (Wildman–Crippen MR) is 370 cm³/mol. The molecule has 0 aliphatic carbocycles. The molecule has 0 atom stereocenters. The second-order valence-electron chi connectivity index (χ2n) is 23.5. The van der Waals surface area contributed by atoms with E-state index in [2.05, 4.69) is 42.7 Å². The van der Waals surface area contributed by atoms with Gasteiger partial charge in [0.1, 0.15) is 11.6 Å². The lowest BCUT2D eigenvalue weighted by Crippen LogP contribution is -2.61. The maximum atomic E-state index is 17.4. The quantitative estimate of drug-likeness (QED) is 0.141. The fraction of sp³-hybridized carbons (Fsp3) is 0.0488. The Kier molecular flexibility index (Phi) is 8.71. The molecule has 0 saturated heterocycles. The third kappa shape index (κ3) is 8.26. The number of rotatable bonds is 8. The van der Waals surface area contributed by atoms with E-state index in [0.717, 1.165) is 5.56 Å². The van der Waals surface area contributed by atoms with Gasteiger partial charge in [-0.1, -0.05) is 227 Å². The van der Waals surface area contributed by atoms with E-state index < -0.39 is 120 Å². The highest BCUT2D eigenvalue weighted by Gasteiger charge is 2.46. The third-order valence-electron chi connectivity index (χ3n) is 17.4. The van der Waals surface area contributed by atoms with Gasteiger partial charge in [0.15, 0.2) is 0 Å². The normalized spacial score (nSPS) is 15.2. The van der Waals surface area contributed by atoms with E-state index in [1.807, 2.05) is 146 Å². The first-order chi connectivity index (χ1) is 50.3. The Labute approximate surface area is 538 Å². The van der Waals surface area contributed by atoms with Gasteiger partial charge >= 0.3 is 0 Å². The Morgan fingerprint density at radius 1 is 0.348 bits per heavy atom. The number of halogens is 2. The van der Waals surface area contributed by atoms with E-state index in [-0.39, 0.29) is 55.0 Å². The summed E-state index contributed by atoms with van der Waals surface area (Å²) in [7, 11) is 0. The van der Waals surface area contributed by atoms with Gasteiger partial charge in [0.05, 0.1) is 55.4 Å². The van der Waals surface area contributed by atoms with Gasteiger partial charge in [-0.25, -0.2) is 8.78 Å². The lowest BCUT2D eigenvalue weighted by molar-refractivity contribution is 0.590. The molecule has 0 amide bonds. The van der Waals surface area contributed by atoms with Crippen molar-refractivity contribution in [2.45, 2.75) is 26.2 Å². The van der Waals surface area contributed by atoms with Crippen LogP contribution in [0.3, 0.4) is 0 Å². The number of hydrogen-bond acceptors (Lipinski definition) is 2. The summed E-state index contributed by atoms with van der Waals surface area (Å²) in [4.78, 5) is 4.17. The molecule has 2 aliphatic heterocycles. The van der Waals surface area contributed by atoms with Gasteiger partial charge in [-0.05, 0) is 134 Å². The van der Waals surface area contributed by atoms with E-state index >= 15 is 8.78 Å². The molecule has 0 bridgehead atoms. The monoisotopic (exact) mass is 1160 g/mol. The number of aromatic nitrogens is 2. The molecule has 13 aromatic carbocycles. The van der Waals surface area contributed by atoms with Crippen LogP contribution < -0.4 is 26.2 Å². The standard InChI is InChI=1S/C82H57BF2N4/c1-82(2,3)56-44-77-79-78(45-56)89(81-67(54-28-12-6-13-29-54)48-58(85)49-68(81)55-30-14-7-15-31-55)76-51-60(87-73-38-22-18-34-63(73)64-35-19-23-39-74(64)87)41-43-70(76)83(79)69-42-40-59(86-71-36-20-16-32-61(71)62-33-17-21-37-72(62)86)50-75(69)88(77)80-65(52-24-8-4-9-25-52)46-57(84)47-66(80)53-26-10-5-11-27-53/h4-51H,1-3H3/i16D,17D,18D,19D,20D,21D,22D,23D,32D,33D,34D,35D,36D,37D,38D,39D. The zero-order valence-corrected chi connectivity index (χ0v) is 48.1. The fourth-order valence-corrected chi connectivity index (χ4v) is 13.5. The molecule has 0 saturated carbocycles. The first-order valence-electron chi connectivity index (χ1n) is 37.3. The summed E-state index contributed by atoms with van der Waals surface area (Å²) in [6.07, 6.45) is 0. The summed E-state index contributed by atoms with van der Waals surface area (Å²) >= 11 is 0. The minimum Gasteiger partial charge on any atom is -0.310 e. The van der Waals surface area contributed by atoms with Crippen LogP contribution in [0.4, 0.5) is 42.9 Å². The van der Waals surface area contributed by atoms with Crippen molar-refractivity contribution < 1.29 is 30.7 Å². The summed E-state index contributed by atoms with van der Waals surface area (Å²) in [6, 6.07) is 49.6. The molecule has 0 fully saturated rings. The number of nitrogens with zero attached hydrogens (tertiary/aromatic N) is 4. The molecule has 0 N–H and O–H groups in total. The highest BCUT2D eigenvalue weighted by atomic mass is 19.1. The average molecular weight is 1160 g/mol. The van der Waals surface area contributed by atoms with Crippen LogP contribution in [0.25, 0.3) is 99.5 Å². The second-order valence-corrected chi connectivity index (χ2v) is 23.5. The summed E-state index contributed by atoms with van der Waals surface area (Å²) in [5.74, 6) is -1.11. The molecule has 4 heterocycles. The molecule has 15 aromatic rings. The SMILES string of the molecule is [2H]c1c([2H])c([2H])c2c(c1[2H])c1c([2H])c([2H])c([2H])c([2H])c1n2-c1ccc2c(c1)N(c1c(-c3ccccc3)cc(F)cc1-c1ccccc1)c1cc(C(C)(C)C)cc3c1B2c1ccc(-n2c4c([2H])c([2H])c([2H])c([2H])c4c4c([2H])c([2H])c([2H])c([2H])c42)cc1N3c1c(-c2ccccc2)cc(F)cc1-c1ccccc1. The lowest BCUT2D eigenvalue weighted by Gasteiger charge is -2.46. The Bertz CT molecular complexity index is 5680. The average Bonchev–Trinajstić information content (AvgIpc) is 1.69. The fourth-order valence-electron chi connectivity index (χ4n) is 13.5. The molecule has 89 heavy (non-hydrogen) atoms. The maximum Gasteiger partial charge on any atom is 0.252 e. The molecule has 2 aliphatic rings. The Morgan fingerprint density at radius 2 is 0.652 bits per heavy atom. The molecule has 0 radical (unpaired) electrons. The zero-order valence-electron chi connectivity index (χ0n) is 64.1. The third-order valence-corrected chi connectivity index (χ3v) is 17.4. The first kappa shape index (κ1) is 38.2. The van der Waals surface area contributed by atoms with Crippen molar-refractivity contribution in [1.29, 1.82) is 0 Å². The Balaban J connectivity index is 1.09. The second kappa shape index (κ2) is 20.3. The van der Waals surface area contributed by atoms with Crippen LogP contribution in [0.15, 0.2) is 291 Å². The van der Waals surface area contributed by atoms with Gasteiger partial charge in [0.25, 0.3) is 6.71 Å².